The average molecular weight is 334 g/mol. The van der Waals surface area contributed by atoms with E-state index in [0.29, 0.717) is 25.4 Å². The van der Waals surface area contributed by atoms with E-state index in [0.717, 1.165) is 28.4 Å². The topological polar surface area (TPSA) is 64.2 Å². The van der Waals surface area contributed by atoms with Crippen molar-refractivity contribution in [2.45, 2.75) is 38.3 Å². The standard InChI is InChI=1S/C19H18N4O2/c24-19(9-15-8-18(25-21-15)13-6-7-13)22-11-14-10-20-23(17(14)12-22)16-4-2-1-3-5-16/h1-5,8,10,13H,6-7,9,11-12H2. The molecule has 1 aliphatic carbocycles. The second kappa shape index (κ2) is 5.58. The van der Waals surface area contributed by atoms with E-state index in [4.69, 9.17) is 4.52 Å². The van der Waals surface area contributed by atoms with E-state index in [1.54, 1.807) is 0 Å². The Labute approximate surface area is 145 Å². The number of carbonyl (C=O) groups excluding carboxylic acids is 1. The summed E-state index contributed by atoms with van der Waals surface area (Å²) in [4.78, 5) is 14.5. The van der Waals surface area contributed by atoms with Gasteiger partial charge in [-0.3, -0.25) is 4.79 Å². The second-order valence-electron chi connectivity index (χ2n) is 6.79. The van der Waals surface area contributed by atoms with Crippen molar-refractivity contribution < 1.29 is 9.32 Å². The Morgan fingerprint density at radius 2 is 2.04 bits per heavy atom. The second-order valence-corrected chi connectivity index (χ2v) is 6.79. The van der Waals surface area contributed by atoms with Crippen molar-refractivity contribution in [1.29, 1.82) is 0 Å². The molecule has 3 aromatic rings. The van der Waals surface area contributed by atoms with Crippen LogP contribution < -0.4 is 0 Å². The first-order valence-corrected chi connectivity index (χ1v) is 8.62. The van der Waals surface area contributed by atoms with Gasteiger partial charge in [-0.05, 0) is 25.0 Å². The summed E-state index contributed by atoms with van der Waals surface area (Å²) in [5.41, 5.74) is 3.94. The molecule has 0 atom stereocenters. The number of hydrogen-bond acceptors (Lipinski definition) is 4. The summed E-state index contributed by atoms with van der Waals surface area (Å²) in [6.45, 7) is 1.19. The minimum Gasteiger partial charge on any atom is -0.361 e. The number of amides is 1. The van der Waals surface area contributed by atoms with Crippen LogP contribution in [-0.4, -0.2) is 25.7 Å². The summed E-state index contributed by atoms with van der Waals surface area (Å²) in [5.74, 6) is 1.52. The highest BCUT2D eigenvalue weighted by Gasteiger charge is 2.30. The highest BCUT2D eigenvalue weighted by atomic mass is 16.5. The molecule has 0 saturated heterocycles. The third-order valence-electron chi connectivity index (χ3n) is 4.90. The molecule has 5 rings (SSSR count). The Bertz CT molecular complexity index is 924. The molecule has 0 bridgehead atoms. The third-order valence-corrected chi connectivity index (χ3v) is 4.90. The number of para-hydroxylation sites is 1. The van der Waals surface area contributed by atoms with E-state index < -0.39 is 0 Å². The van der Waals surface area contributed by atoms with E-state index in [1.807, 2.05) is 52.2 Å². The van der Waals surface area contributed by atoms with Gasteiger partial charge in [-0.15, -0.1) is 0 Å². The van der Waals surface area contributed by atoms with Gasteiger partial charge in [0, 0.05) is 24.1 Å². The van der Waals surface area contributed by atoms with Gasteiger partial charge in [-0.2, -0.15) is 5.10 Å². The zero-order valence-corrected chi connectivity index (χ0v) is 13.8. The number of aromatic nitrogens is 3. The molecule has 1 saturated carbocycles. The maximum absolute atomic E-state index is 12.6. The van der Waals surface area contributed by atoms with Crippen LogP contribution in [0.5, 0.6) is 0 Å². The van der Waals surface area contributed by atoms with Crippen LogP contribution in [0, 0.1) is 0 Å². The van der Waals surface area contributed by atoms with Gasteiger partial charge in [-0.25, -0.2) is 4.68 Å². The van der Waals surface area contributed by atoms with E-state index >= 15 is 0 Å². The van der Waals surface area contributed by atoms with Gasteiger partial charge in [0.05, 0.1) is 36.2 Å². The lowest BCUT2D eigenvalue weighted by molar-refractivity contribution is -0.131. The number of carbonyl (C=O) groups is 1. The molecule has 126 valence electrons. The molecule has 0 N–H and O–H groups in total. The van der Waals surface area contributed by atoms with Crippen molar-refractivity contribution in [3.8, 4) is 5.69 Å². The Morgan fingerprint density at radius 3 is 2.84 bits per heavy atom. The minimum absolute atomic E-state index is 0.0754. The lowest BCUT2D eigenvalue weighted by Gasteiger charge is -2.15. The van der Waals surface area contributed by atoms with Crippen LogP contribution in [0.2, 0.25) is 0 Å². The van der Waals surface area contributed by atoms with Gasteiger partial charge >= 0.3 is 0 Å². The van der Waals surface area contributed by atoms with Crippen LogP contribution in [0.1, 0.15) is 41.5 Å². The van der Waals surface area contributed by atoms with Gasteiger partial charge < -0.3 is 9.42 Å². The largest absolute Gasteiger partial charge is 0.361 e. The summed E-state index contributed by atoms with van der Waals surface area (Å²) in [6.07, 6.45) is 4.48. The molecular formula is C19H18N4O2. The molecule has 6 nitrogen and oxygen atoms in total. The van der Waals surface area contributed by atoms with Crippen molar-refractivity contribution in [2.75, 3.05) is 0 Å². The lowest BCUT2D eigenvalue weighted by atomic mass is 10.2. The van der Waals surface area contributed by atoms with Crippen molar-refractivity contribution in [3.63, 3.8) is 0 Å². The first-order chi connectivity index (χ1) is 12.3. The number of rotatable bonds is 4. The molecule has 1 amide bonds. The zero-order valence-electron chi connectivity index (χ0n) is 13.8. The minimum atomic E-state index is 0.0754. The summed E-state index contributed by atoms with van der Waals surface area (Å²) in [5, 5.41) is 8.52. The number of benzene rings is 1. The van der Waals surface area contributed by atoms with Gasteiger partial charge in [0.2, 0.25) is 5.91 Å². The summed E-state index contributed by atoms with van der Waals surface area (Å²) >= 11 is 0. The molecule has 0 unspecified atom stereocenters. The van der Waals surface area contributed by atoms with E-state index in [9.17, 15) is 4.79 Å². The number of nitrogens with zero attached hydrogens (tertiary/aromatic N) is 4. The van der Waals surface area contributed by atoms with Crippen LogP contribution in [-0.2, 0) is 24.3 Å². The van der Waals surface area contributed by atoms with Crippen molar-refractivity contribution in [3.05, 3.63) is 65.3 Å². The maximum atomic E-state index is 12.6. The molecular weight excluding hydrogens is 316 g/mol. The fraction of sp³-hybridized carbons (Fsp3) is 0.316. The molecule has 0 radical (unpaired) electrons. The third kappa shape index (κ3) is 2.63. The average Bonchev–Trinajstić information content (AvgIpc) is 3.05. The Balaban J connectivity index is 1.31. The van der Waals surface area contributed by atoms with Crippen LogP contribution in [0.3, 0.4) is 0 Å². The predicted molar refractivity (Wildman–Crippen MR) is 90.0 cm³/mol. The molecule has 1 fully saturated rings. The predicted octanol–water partition coefficient (Wildman–Crippen LogP) is 2.82. The zero-order chi connectivity index (χ0) is 16.8. The van der Waals surface area contributed by atoms with Gasteiger partial charge in [0.25, 0.3) is 0 Å². The Morgan fingerprint density at radius 1 is 1.20 bits per heavy atom. The quantitative estimate of drug-likeness (QED) is 0.736. The van der Waals surface area contributed by atoms with Crippen LogP contribution in [0.4, 0.5) is 0 Å². The van der Waals surface area contributed by atoms with Crippen molar-refractivity contribution in [2.24, 2.45) is 0 Å². The van der Waals surface area contributed by atoms with Crippen molar-refractivity contribution in [1.82, 2.24) is 19.8 Å². The summed E-state index contributed by atoms with van der Waals surface area (Å²) < 4.78 is 7.26. The first kappa shape index (κ1) is 14.5. The smallest absolute Gasteiger partial charge is 0.229 e. The molecule has 2 aliphatic rings. The highest BCUT2D eigenvalue weighted by molar-refractivity contribution is 5.79. The fourth-order valence-electron chi connectivity index (χ4n) is 3.36. The lowest BCUT2D eigenvalue weighted by Crippen LogP contribution is -2.27. The Kier molecular flexibility index (Phi) is 3.23. The highest BCUT2D eigenvalue weighted by Crippen LogP contribution is 2.40. The van der Waals surface area contributed by atoms with Gasteiger partial charge in [0.15, 0.2) is 0 Å². The van der Waals surface area contributed by atoms with Crippen molar-refractivity contribution >= 4 is 5.91 Å². The van der Waals surface area contributed by atoms with Crippen LogP contribution in [0.15, 0.2) is 47.1 Å². The summed E-state index contributed by atoms with van der Waals surface area (Å²) in [6, 6.07) is 11.9. The normalized spacial score (nSPS) is 16.2. The Hall–Kier alpha value is -2.89. The van der Waals surface area contributed by atoms with E-state index in [-0.39, 0.29) is 5.91 Å². The number of fused-ring (bicyclic) bond motifs is 1. The molecule has 6 heteroatoms. The molecule has 3 heterocycles. The molecule has 2 aromatic heterocycles. The van der Waals surface area contributed by atoms with Gasteiger partial charge in [0.1, 0.15) is 5.76 Å². The van der Waals surface area contributed by atoms with Crippen LogP contribution >= 0.6 is 0 Å². The number of hydrogen-bond donors (Lipinski definition) is 0. The van der Waals surface area contributed by atoms with E-state index in [2.05, 4.69) is 10.3 Å². The first-order valence-electron chi connectivity index (χ1n) is 8.62. The summed E-state index contributed by atoms with van der Waals surface area (Å²) in [7, 11) is 0. The molecule has 0 spiro atoms. The maximum Gasteiger partial charge on any atom is 0.229 e. The van der Waals surface area contributed by atoms with Crippen LogP contribution in [0.25, 0.3) is 5.69 Å². The van der Waals surface area contributed by atoms with E-state index in [1.165, 1.54) is 12.8 Å². The molecule has 1 aromatic carbocycles. The fourth-order valence-corrected chi connectivity index (χ4v) is 3.36. The molecule has 1 aliphatic heterocycles. The molecule has 25 heavy (non-hydrogen) atoms. The SMILES string of the molecule is O=C(Cc1cc(C2CC2)on1)N1Cc2cnn(-c3ccccc3)c2C1. The van der Waals surface area contributed by atoms with Gasteiger partial charge in [-0.1, -0.05) is 23.4 Å². The monoisotopic (exact) mass is 334 g/mol.